The average molecular weight is 252 g/mol. The minimum absolute atomic E-state index is 0.110. The predicted molar refractivity (Wildman–Crippen MR) is 73.4 cm³/mol. The van der Waals surface area contributed by atoms with Crippen LogP contribution in [-0.4, -0.2) is 16.9 Å². The van der Waals surface area contributed by atoms with Crippen molar-refractivity contribution < 1.29 is 14.7 Å². The first-order valence-electron chi connectivity index (χ1n) is 6.41. The molecule has 2 atom stereocenters. The fourth-order valence-corrected chi connectivity index (χ4v) is 1.61. The topological polar surface area (TPSA) is 54.4 Å². The Hall–Kier alpha value is -1.38. The molecule has 18 heavy (non-hydrogen) atoms. The molecule has 102 valence electrons. The highest BCUT2D eigenvalue weighted by Gasteiger charge is 2.10. The van der Waals surface area contributed by atoms with Crippen molar-refractivity contribution in [1.82, 2.24) is 0 Å². The second-order valence-electron chi connectivity index (χ2n) is 4.92. The largest absolute Gasteiger partial charge is 0.478 e. The van der Waals surface area contributed by atoms with Crippen LogP contribution in [0, 0.1) is 11.8 Å². The first kappa shape index (κ1) is 16.6. The number of aliphatic carboxylic acids is 1. The molecule has 0 aromatic carbocycles. The Labute approximate surface area is 110 Å². The van der Waals surface area contributed by atoms with E-state index >= 15 is 0 Å². The van der Waals surface area contributed by atoms with E-state index in [1.807, 2.05) is 6.92 Å². The molecule has 3 nitrogen and oxygen atoms in total. The third-order valence-electron chi connectivity index (χ3n) is 3.01. The molecule has 0 aromatic rings. The van der Waals surface area contributed by atoms with Gasteiger partial charge in [-0.1, -0.05) is 32.1 Å². The summed E-state index contributed by atoms with van der Waals surface area (Å²) in [6, 6.07) is 0. The van der Waals surface area contributed by atoms with Crippen LogP contribution < -0.4 is 0 Å². The third kappa shape index (κ3) is 7.82. The fraction of sp³-hybridized carbons (Fsp3) is 0.600. The van der Waals surface area contributed by atoms with Gasteiger partial charge in [0, 0.05) is 11.5 Å². The zero-order chi connectivity index (χ0) is 14.1. The average Bonchev–Trinajstić information content (AvgIpc) is 2.27. The van der Waals surface area contributed by atoms with Crippen molar-refractivity contribution >= 4 is 11.8 Å². The number of Topliss-reactive ketones (excluding diaryl/α,β-unsaturated/α-hetero) is 1. The number of carboxylic acids is 1. The van der Waals surface area contributed by atoms with Crippen LogP contribution in [0.3, 0.4) is 0 Å². The van der Waals surface area contributed by atoms with E-state index in [1.54, 1.807) is 19.9 Å². The summed E-state index contributed by atoms with van der Waals surface area (Å²) in [5.74, 6) is -0.134. The summed E-state index contributed by atoms with van der Waals surface area (Å²) in [6.07, 6.45) is 8.34. The molecule has 0 heterocycles. The molecule has 0 aliphatic carbocycles. The van der Waals surface area contributed by atoms with Crippen molar-refractivity contribution in [1.29, 1.82) is 0 Å². The smallest absolute Gasteiger partial charge is 0.330 e. The van der Waals surface area contributed by atoms with E-state index in [1.165, 1.54) is 0 Å². The Balaban J connectivity index is 3.93. The summed E-state index contributed by atoms with van der Waals surface area (Å²) < 4.78 is 0. The highest BCUT2D eigenvalue weighted by atomic mass is 16.4. The maximum atomic E-state index is 11.1. The molecule has 0 aromatic heterocycles. The zero-order valence-corrected chi connectivity index (χ0v) is 11.8. The standard InChI is InChI=1S/C15H24O3/c1-11(10-13(3)14(4)16)8-6-5-7-9-12(2)15(17)18/h6,8-9,11,13H,5,7,10H2,1-4H3,(H,17,18). The molecule has 3 heteroatoms. The SMILES string of the molecule is CC(=O)C(C)CC(C)C=CCCC=C(C)C(=O)O. The number of allylic oxidation sites excluding steroid dienone is 3. The van der Waals surface area contributed by atoms with E-state index in [0.29, 0.717) is 11.5 Å². The summed E-state index contributed by atoms with van der Waals surface area (Å²) in [5, 5.41) is 8.66. The number of rotatable bonds is 8. The summed E-state index contributed by atoms with van der Waals surface area (Å²) in [7, 11) is 0. The van der Waals surface area contributed by atoms with Crippen molar-refractivity contribution in [2.24, 2.45) is 11.8 Å². The van der Waals surface area contributed by atoms with Gasteiger partial charge in [-0.15, -0.1) is 0 Å². The normalized spacial score (nSPS) is 15.7. The number of hydrogen-bond acceptors (Lipinski definition) is 2. The lowest BCUT2D eigenvalue weighted by molar-refractivity contribution is -0.132. The van der Waals surface area contributed by atoms with Crippen LogP contribution in [0.5, 0.6) is 0 Å². The maximum absolute atomic E-state index is 11.1. The van der Waals surface area contributed by atoms with E-state index < -0.39 is 5.97 Å². The molecular formula is C15H24O3. The van der Waals surface area contributed by atoms with Crippen LogP contribution in [0.1, 0.15) is 47.0 Å². The molecule has 0 amide bonds. The van der Waals surface area contributed by atoms with Gasteiger partial charge in [0.05, 0.1) is 0 Å². The Morgan fingerprint density at radius 3 is 2.28 bits per heavy atom. The van der Waals surface area contributed by atoms with Gasteiger partial charge in [-0.25, -0.2) is 4.79 Å². The molecule has 0 aliphatic heterocycles. The monoisotopic (exact) mass is 252 g/mol. The van der Waals surface area contributed by atoms with Gasteiger partial charge in [0.15, 0.2) is 0 Å². The fourth-order valence-electron chi connectivity index (χ4n) is 1.61. The Kier molecular flexibility index (Phi) is 8.01. The molecule has 0 aliphatic rings. The second kappa shape index (κ2) is 8.67. The van der Waals surface area contributed by atoms with Gasteiger partial charge < -0.3 is 5.11 Å². The van der Waals surface area contributed by atoms with Crippen molar-refractivity contribution in [3.8, 4) is 0 Å². The number of carboxylic acid groups (broad SMARTS) is 1. The van der Waals surface area contributed by atoms with Gasteiger partial charge in [-0.3, -0.25) is 4.79 Å². The molecule has 2 unspecified atom stereocenters. The summed E-state index contributed by atoms with van der Waals surface area (Å²) in [4.78, 5) is 21.6. The molecule has 0 fully saturated rings. The van der Waals surface area contributed by atoms with Crippen molar-refractivity contribution in [3.05, 3.63) is 23.8 Å². The lowest BCUT2D eigenvalue weighted by atomic mass is 9.94. The van der Waals surface area contributed by atoms with Crippen LogP contribution in [0.2, 0.25) is 0 Å². The summed E-state index contributed by atoms with van der Waals surface area (Å²) in [5.41, 5.74) is 0.390. The Morgan fingerprint density at radius 1 is 1.17 bits per heavy atom. The number of ketones is 1. The predicted octanol–water partition coefficient (Wildman–Crippen LogP) is 3.61. The quantitative estimate of drug-likeness (QED) is 0.408. The second-order valence-corrected chi connectivity index (χ2v) is 4.92. The minimum atomic E-state index is -0.859. The van der Waals surface area contributed by atoms with Gasteiger partial charge in [-0.2, -0.15) is 0 Å². The molecular weight excluding hydrogens is 228 g/mol. The third-order valence-corrected chi connectivity index (χ3v) is 3.01. The number of carbonyl (C=O) groups is 2. The van der Waals surface area contributed by atoms with E-state index in [2.05, 4.69) is 19.1 Å². The van der Waals surface area contributed by atoms with Crippen molar-refractivity contribution in [2.45, 2.75) is 47.0 Å². The molecule has 0 saturated carbocycles. The van der Waals surface area contributed by atoms with Gasteiger partial charge in [0.2, 0.25) is 0 Å². The lowest BCUT2D eigenvalue weighted by Gasteiger charge is -2.10. The first-order chi connectivity index (χ1) is 8.34. The minimum Gasteiger partial charge on any atom is -0.478 e. The van der Waals surface area contributed by atoms with Gasteiger partial charge in [0.25, 0.3) is 0 Å². The van der Waals surface area contributed by atoms with Crippen molar-refractivity contribution in [2.75, 3.05) is 0 Å². The van der Waals surface area contributed by atoms with Gasteiger partial charge in [-0.05, 0) is 39.0 Å². The Morgan fingerprint density at radius 2 is 1.78 bits per heavy atom. The van der Waals surface area contributed by atoms with Gasteiger partial charge >= 0.3 is 5.97 Å². The molecule has 0 bridgehead atoms. The molecule has 0 rings (SSSR count). The number of carbonyl (C=O) groups excluding carboxylic acids is 1. The number of hydrogen-bond donors (Lipinski definition) is 1. The molecule has 0 saturated heterocycles. The highest BCUT2D eigenvalue weighted by Crippen LogP contribution is 2.14. The van der Waals surface area contributed by atoms with Crippen molar-refractivity contribution in [3.63, 3.8) is 0 Å². The van der Waals surface area contributed by atoms with E-state index in [-0.39, 0.29) is 11.7 Å². The molecule has 0 spiro atoms. The maximum Gasteiger partial charge on any atom is 0.330 e. The zero-order valence-electron chi connectivity index (χ0n) is 11.8. The highest BCUT2D eigenvalue weighted by molar-refractivity contribution is 5.85. The summed E-state index contributed by atoms with van der Waals surface area (Å²) in [6.45, 7) is 7.27. The molecule has 0 radical (unpaired) electrons. The van der Waals surface area contributed by atoms with E-state index in [0.717, 1.165) is 19.3 Å². The summed E-state index contributed by atoms with van der Waals surface area (Å²) >= 11 is 0. The first-order valence-corrected chi connectivity index (χ1v) is 6.41. The lowest BCUT2D eigenvalue weighted by Crippen LogP contribution is -2.09. The number of unbranched alkanes of at least 4 members (excludes halogenated alkanes) is 1. The van der Waals surface area contributed by atoms with Crippen LogP contribution in [0.15, 0.2) is 23.8 Å². The van der Waals surface area contributed by atoms with E-state index in [4.69, 9.17) is 5.11 Å². The Bertz CT molecular complexity index is 340. The van der Waals surface area contributed by atoms with Crippen LogP contribution in [0.25, 0.3) is 0 Å². The van der Waals surface area contributed by atoms with Crippen LogP contribution in [-0.2, 0) is 9.59 Å². The molecule has 1 N–H and O–H groups in total. The van der Waals surface area contributed by atoms with Crippen LogP contribution >= 0.6 is 0 Å². The van der Waals surface area contributed by atoms with Gasteiger partial charge in [0.1, 0.15) is 5.78 Å². The van der Waals surface area contributed by atoms with Crippen LogP contribution in [0.4, 0.5) is 0 Å². The van der Waals surface area contributed by atoms with E-state index in [9.17, 15) is 9.59 Å².